The van der Waals surface area contributed by atoms with Crippen LogP contribution in [0.25, 0.3) is 0 Å². The molecule has 184 valence electrons. The normalized spacial score (nSPS) is 27.3. The topological polar surface area (TPSA) is 55.8 Å². The molecule has 4 aliphatic rings. The minimum Gasteiger partial charge on any atom is -0.478 e. The van der Waals surface area contributed by atoms with E-state index in [2.05, 4.69) is 30.0 Å². The zero-order valence-electron chi connectivity index (χ0n) is 20.9. The highest BCUT2D eigenvalue weighted by atomic mass is 16.7. The van der Waals surface area contributed by atoms with Crippen LogP contribution in [0.3, 0.4) is 0 Å². The number of methoxy groups -OCH3 is 1. The number of aromatic carboxylic acids is 1. The molecule has 0 saturated heterocycles. The first-order valence-electron chi connectivity index (χ1n) is 13.1. The Labute approximate surface area is 209 Å². The Morgan fingerprint density at radius 2 is 1.74 bits per heavy atom. The number of rotatable bonds is 8. The van der Waals surface area contributed by atoms with Gasteiger partial charge >= 0.3 is 5.97 Å². The monoisotopic (exact) mass is 472 g/mol. The molecule has 4 fully saturated rings. The second-order valence-corrected chi connectivity index (χ2v) is 10.8. The summed E-state index contributed by atoms with van der Waals surface area (Å²) in [5.41, 5.74) is 4.90. The molecule has 0 heterocycles. The minimum absolute atomic E-state index is 0.184. The molecule has 0 spiro atoms. The van der Waals surface area contributed by atoms with E-state index in [1.165, 1.54) is 49.7 Å². The van der Waals surface area contributed by atoms with Crippen LogP contribution in [0, 0.1) is 29.6 Å². The summed E-state index contributed by atoms with van der Waals surface area (Å²) < 4.78 is 11.3. The first-order chi connectivity index (χ1) is 17.0. The molecule has 35 heavy (non-hydrogen) atoms. The fourth-order valence-electron chi connectivity index (χ4n) is 7.45. The lowest BCUT2D eigenvalue weighted by Gasteiger charge is -2.57. The summed E-state index contributed by atoms with van der Waals surface area (Å²) in [7, 11) is 1.72. The summed E-state index contributed by atoms with van der Waals surface area (Å²) in [5.74, 6) is 8.07. The van der Waals surface area contributed by atoms with Gasteiger partial charge in [-0.3, -0.25) is 0 Å². The zero-order valence-corrected chi connectivity index (χ0v) is 20.9. The van der Waals surface area contributed by atoms with Gasteiger partial charge in [0, 0.05) is 31.3 Å². The van der Waals surface area contributed by atoms with Crippen LogP contribution in [0.1, 0.15) is 84.5 Å². The van der Waals surface area contributed by atoms with E-state index < -0.39 is 5.97 Å². The second kappa shape index (κ2) is 10.2. The van der Waals surface area contributed by atoms with E-state index in [9.17, 15) is 9.90 Å². The zero-order chi connectivity index (χ0) is 24.4. The van der Waals surface area contributed by atoms with Crippen molar-refractivity contribution in [1.29, 1.82) is 0 Å². The predicted molar refractivity (Wildman–Crippen MR) is 136 cm³/mol. The van der Waals surface area contributed by atoms with E-state index in [0.29, 0.717) is 12.2 Å². The number of benzene rings is 2. The number of ether oxygens (including phenoxy) is 2. The van der Waals surface area contributed by atoms with Crippen LogP contribution < -0.4 is 0 Å². The minimum atomic E-state index is -0.943. The van der Waals surface area contributed by atoms with Crippen LogP contribution in [-0.4, -0.2) is 31.1 Å². The number of carboxylic acid groups (broad SMARTS) is 1. The standard InChI is InChI=1S/C31H36O4/c1-3-35-29(34-2)13-12-26-11-9-21(8-10-25-6-4-5-7-27(25)30(32)33)17-28(26)31-18-22-14-23(19-31)16-24(15-22)20-31/h4-7,9,11,17,22-24,29H,3,12-16,18-20H2,1-2H3,(H,32,33). The third kappa shape index (κ3) is 5.03. The van der Waals surface area contributed by atoms with Gasteiger partial charge in [-0.1, -0.05) is 30.0 Å². The molecule has 4 saturated carbocycles. The second-order valence-electron chi connectivity index (χ2n) is 10.8. The lowest BCUT2D eigenvalue weighted by molar-refractivity contribution is -0.123. The number of hydrogen-bond acceptors (Lipinski definition) is 3. The van der Waals surface area contributed by atoms with Gasteiger partial charge in [-0.15, -0.1) is 0 Å². The lowest BCUT2D eigenvalue weighted by Crippen LogP contribution is -2.49. The van der Waals surface area contributed by atoms with Gasteiger partial charge in [0.25, 0.3) is 0 Å². The van der Waals surface area contributed by atoms with Gasteiger partial charge in [-0.25, -0.2) is 4.79 Å². The molecule has 1 atom stereocenters. The van der Waals surface area contributed by atoms with E-state index in [-0.39, 0.29) is 17.3 Å². The fraction of sp³-hybridized carbons (Fsp3) is 0.516. The molecule has 1 N–H and O–H groups in total. The average molecular weight is 473 g/mol. The largest absolute Gasteiger partial charge is 0.478 e. The molecular weight excluding hydrogens is 436 g/mol. The molecular formula is C31H36O4. The van der Waals surface area contributed by atoms with Crippen LogP contribution in [0.2, 0.25) is 0 Å². The van der Waals surface area contributed by atoms with Gasteiger partial charge in [0.15, 0.2) is 6.29 Å². The first kappa shape index (κ1) is 24.1. The summed E-state index contributed by atoms with van der Waals surface area (Å²) in [4.78, 5) is 11.6. The van der Waals surface area contributed by atoms with Crippen LogP contribution in [0.4, 0.5) is 0 Å². The van der Waals surface area contributed by atoms with Gasteiger partial charge in [0.05, 0.1) is 5.56 Å². The molecule has 1 unspecified atom stereocenters. The van der Waals surface area contributed by atoms with Crippen molar-refractivity contribution in [3.05, 3.63) is 70.3 Å². The highest BCUT2D eigenvalue weighted by Crippen LogP contribution is 2.61. The van der Waals surface area contributed by atoms with Crippen molar-refractivity contribution < 1.29 is 19.4 Å². The van der Waals surface area contributed by atoms with E-state index in [4.69, 9.17) is 9.47 Å². The molecule has 4 bridgehead atoms. The molecule has 4 heteroatoms. The number of carboxylic acids is 1. The van der Waals surface area contributed by atoms with Gasteiger partial charge in [-0.2, -0.15) is 0 Å². The smallest absolute Gasteiger partial charge is 0.336 e. The maximum Gasteiger partial charge on any atom is 0.336 e. The molecule has 4 nitrogen and oxygen atoms in total. The molecule has 0 amide bonds. The van der Waals surface area contributed by atoms with Gasteiger partial charge in [0.2, 0.25) is 0 Å². The van der Waals surface area contributed by atoms with Crippen molar-refractivity contribution in [2.45, 2.75) is 70.0 Å². The van der Waals surface area contributed by atoms with E-state index in [1.807, 2.05) is 13.0 Å². The van der Waals surface area contributed by atoms with Crippen molar-refractivity contribution >= 4 is 5.97 Å². The Morgan fingerprint density at radius 3 is 2.37 bits per heavy atom. The molecule has 6 rings (SSSR count). The summed E-state index contributed by atoms with van der Waals surface area (Å²) in [6.45, 7) is 2.65. The van der Waals surface area contributed by atoms with Crippen LogP contribution in [0.5, 0.6) is 0 Å². The van der Waals surface area contributed by atoms with Crippen molar-refractivity contribution in [2.24, 2.45) is 17.8 Å². The Hall–Kier alpha value is -2.61. The van der Waals surface area contributed by atoms with Crippen LogP contribution in [-0.2, 0) is 21.3 Å². The van der Waals surface area contributed by atoms with Crippen LogP contribution in [0.15, 0.2) is 42.5 Å². The predicted octanol–water partition coefficient (Wildman–Crippen LogP) is 6.19. The fourth-order valence-corrected chi connectivity index (χ4v) is 7.45. The van der Waals surface area contributed by atoms with Crippen molar-refractivity contribution in [3.8, 4) is 11.8 Å². The maximum absolute atomic E-state index is 11.6. The Balaban J connectivity index is 1.50. The maximum atomic E-state index is 11.6. The third-order valence-electron chi connectivity index (χ3n) is 8.48. The van der Waals surface area contributed by atoms with Gasteiger partial charge in [0.1, 0.15) is 0 Å². The number of carbonyl (C=O) groups is 1. The van der Waals surface area contributed by atoms with Crippen molar-refractivity contribution in [2.75, 3.05) is 13.7 Å². The summed E-state index contributed by atoms with van der Waals surface area (Å²) >= 11 is 0. The molecule has 0 aliphatic heterocycles. The average Bonchev–Trinajstić information content (AvgIpc) is 2.85. The highest BCUT2D eigenvalue weighted by molar-refractivity contribution is 5.90. The van der Waals surface area contributed by atoms with Gasteiger partial charge < -0.3 is 14.6 Å². The third-order valence-corrected chi connectivity index (χ3v) is 8.48. The van der Waals surface area contributed by atoms with Crippen molar-refractivity contribution in [1.82, 2.24) is 0 Å². The van der Waals surface area contributed by atoms with Gasteiger partial charge in [-0.05, 0) is 110 Å². The molecule has 2 aromatic rings. The van der Waals surface area contributed by atoms with Crippen molar-refractivity contribution in [3.63, 3.8) is 0 Å². The Bertz CT molecular complexity index is 1100. The Kier molecular flexibility index (Phi) is 7.00. The summed E-state index contributed by atoms with van der Waals surface area (Å²) in [6, 6.07) is 13.6. The SMILES string of the molecule is CCOC(CCc1ccc(C#Cc2ccccc2C(=O)O)cc1C12CC3CC(CC(C3)C1)C2)OC. The number of aryl methyl sites for hydroxylation is 1. The highest BCUT2D eigenvalue weighted by Gasteiger charge is 2.52. The summed E-state index contributed by atoms with van der Waals surface area (Å²) in [5, 5.41) is 9.51. The van der Waals surface area contributed by atoms with E-state index in [1.54, 1.807) is 25.3 Å². The molecule has 0 aromatic heterocycles. The molecule has 2 aromatic carbocycles. The quantitative estimate of drug-likeness (QED) is 0.367. The molecule has 0 radical (unpaired) electrons. The number of hydrogen-bond donors (Lipinski definition) is 1. The summed E-state index contributed by atoms with van der Waals surface area (Å²) in [6.07, 6.45) is 9.70. The lowest BCUT2D eigenvalue weighted by atomic mass is 9.47. The Morgan fingerprint density at radius 1 is 1.06 bits per heavy atom. The van der Waals surface area contributed by atoms with E-state index in [0.717, 1.165) is 36.2 Å². The van der Waals surface area contributed by atoms with Crippen LogP contribution >= 0.6 is 0 Å². The molecule has 4 aliphatic carbocycles. The van der Waals surface area contributed by atoms with E-state index >= 15 is 0 Å². The first-order valence-corrected chi connectivity index (χ1v) is 13.1.